The van der Waals surface area contributed by atoms with E-state index in [1.54, 1.807) is 19.2 Å². The minimum absolute atomic E-state index is 0.0416. The lowest BCUT2D eigenvalue weighted by molar-refractivity contribution is -0.116. The third-order valence-corrected chi connectivity index (χ3v) is 7.72. The third kappa shape index (κ3) is 7.53. The molecule has 1 atom stereocenters. The van der Waals surface area contributed by atoms with E-state index in [0.717, 1.165) is 16.8 Å². The van der Waals surface area contributed by atoms with Crippen LogP contribution in [-0.2, 0) is 9.53 Å². The maximum atomic E-state index is 13.5. The maximum absolute atomic E-state index is 13.5. The molecule has 1 aliphatic heterocycles. The topological polar surface area (TPSA) is 126 Å². The monoisotopic (exact) mass is 630 g/mol. The molecule has 0 spiro atoms. The van der Waals surface area contributed by atoms with Crippen molar-refractivity contribution in [3.05, 3.63) is 94.5 Å². The zero-order chi connectivity index (χ0) is 32.4. The Kier molecular flexibility index (Phi) is 9.29. The molecular formula is C34H39ClN6O4. The number of aryl methyl sites for hydroxylation is 1. The second kappa shape index (κ2) is 13.0. The van der Waals surface area contributed by atoms with Crippen molar-refractivity contribution in [2.45, 2.75) is 58.3 Å². The van der Waals surface area contributed by atoms with Gasteiger partial charge in [-0.2, -0.15) is 0 Å². The van der Waals surface area contributed by atoms with Crippen LogP contribution < -0.4 is 20.5 Å². The van der Waals surface area contributed by atoms with Gasteiger partial charge >= 0.3 is 0 Å². The number of hydrogen-bond donors (Lipinski definition) is 2. The van der Waals surface area contributed by atoms with Crippen molar-refractivity contribution >= 4 is 28.9 Å². The number of nitrogens with one attached hydrogen (secondary N) is 1. The molecular weight excluding hydrogens is 592 g/mol. The molecule has 0 bridgehead atoms. The molecule has 0 unspecified atom stereocenters. The summed E-state index contributed by atoms with van der Waals surface area (Å²) in [6.45, 7) is 10.5. The molecule has 4 aromatic rings. The van der Waals surface area contributed by atoms with Gasteiger partial charge in [-0.1, -0.05) is 23.7 Å². The Morgan fingerprint density at radius 2 is 1.67 bits per heavy atom. The van der Waals surface area contributed by atoms with Gasteiger partial charge in [-0.05, 0) is 89.2 Å². The van der Waals surface area contributed by atoms with Crippen molar-refractivity contribution in [3.63, 3.8) is 0 Å². The predicted molar refractivity (Wildman–Crippen MR) is 176 cm³/mol. The van der Waals surface area contributed by atoms with Gasteiger partial charge in [0.15, 0.2) is 5.82 Å². The van der Waals surface area contributed by atoms with E-state index in [1.807, 2.05) is 93.8 Å². The van der Waals surface area contributed by atoms with Crippen LogP contribution in [0.15, 0.2) is 71.7 Å². The Labute approximate surface area is 268 Å². The summed E-state index contributed by atoms with van der Waals surface area (Å²) in [5.74, 6) is 2.38. The summed E-state index contributed by atoms with van der Waals surface area (Å²) >= 11 is 6.21. The molecule has 1 amide bonds. The van der Waals surface area contributed by atoms with Gasteiger partial charge in [-0.15, -0.1) is 10.2 Å². The Hall–Kier alpha value is -4.25. The average molecular weight is 631 g/mol. The fraction of sp³-hybridized carbons (Fsp3) is 0.353. The van der Waals surface area contributed by atoms with Gasteiger partial charge in [-0.25, -0.2) is 0 Å². The van der Waals surface area contributed by atoms with Crippen LogP contribution >= 0.6 is 11.6 Å². The first-order valence-electron chi connectivity index (χ1n) is 14.8. The summed E-state index contributed by atoms with van der Waals surface area (Å²) in [5, 5.41) is 12.4. The van der Waals surface area contributed by atoms with Gasteiger partial charge < -0.3 is 25.3 Å². The normalized spacial score (nSPS) is 14.6. The van der Waals surface area contributed by atoms with E-state index in [4.69, 9.17) is 36.5 Å². The predicted octanol–water partition coefficient (Wildman–Crippen LogP) is 6.07. The number of nitrogens with two attached hydrogens (primary N) is 1. The Bertz CT molecular complexity index is 1700. The zero-order valence-electron chi connectivity index (χ0n) is 26.4. The number of aliphatic imine (C=N–C) groups is 1. The molecule has 0 aliphatic carbocycles. The molecule has 0 radical (unpaired) electrons. The Balaban J connectivity index is 1.38. The molecule has 1 aromatic heterocycles. The van der Waals surface area contributed by atoms with Crippen molar-refractivity contribution in [1.29, 1.82) is 0 Å². The number of ether oxygens (including phenoxy) is 3. The Morgan fingerprint density at radius 3 is 2.33 bits per heavy atom. The minimum Gasteiger partial charge on any atom is -0.497 e. The summed E-state index contributed by atoms with van der Waals surface area (Å²) in [6, 6.07) is 19.9. The fourth-order valence-corrected chi connectivity index (χ4v) is 5.07. The van der Waals surface area contributed by atoms with Gasteiger partial charge in [0.25, 0.3) is 0 Å². The largest absolute Gasteiger partial charge is 0.497 e. The first-order valence-corrected chi connectivity index (χ1v) is 15.1. The number of methoxy groups -OCH3 is 1. The van der Waals surface area contributed by atoms with Crippen LogP contribution in [0.5, 0.6) is 11.5 Å². The molecule has 3 N–H and O–H groups in total. The van der Waals surface area contributed by atoms with E-state index in [0.29, 0.717) is 52.7 Å². The number of rotatable bonds is 11. The number of nitrogens with zero attached hydrogens (tertiary/aromatic N) is 4. The minimum atomic E-state index is -0.614. The highest BCUT2D eigenvalue weighted by molar-refractivity contribution is 6.30. The van der Waals surface area contributed by atoms with Crippen LogP contribution in [0.25, 0.3) is 5.69 Å². The highest BCUT2D eigenvalue weighted by Crippen LogP contribution is 2.35. The van der Waals surface area contributed by atoms with Crippen LogP contribution in [0.1, 0.15) is 62.9 Å². The Morgan fingerprint density at radius 1 is 0.978 bits per heavy atom. The lowest BCUT2D eigenvalue weighted by atomic mass is 10.00. The molecule has 0 fully saturated rings. The molecule has 0 saturated heterocycles. The molecule has 45 heavy (non-hydrogen) atoms. The average Bonchev–Trinajstić information content (AvgIpc) is 3.34. The number of hydrogen-bond acceptors (Lipinski definition) is 8. The number of halogens is 1. The van der Waals surface area contributed by atoms with Crippen molar-refractivity contribution in [2.24, 2.45) is 10.7 Å². The quantitative estimate of drug-likeness (QED) is 0.206. The van der Waals surface area contributed by atoms with Gasteiger partial charge in [0.2, 0.25) is 5.91 Å². The van der Waals surface area contributed by atoms with E-state index < -0.39 is 17.2 Å². The second-order valence-electron chi connectivity index (χ2n) is 12.2. The lowest BCUT2D eigenvalue weighted by Crippen LogP contribution is -2.42. The third-order valence-electron chi connectivity index (χ3n) is 7.46. The van der Waals surface area contributed by atoms with Gasteiger partial charge in [0.05, 0.1) is 37.1 Å². The highest BCUT2D eigenvalue weighted by Gasteiger charge is 2.30. The molecule has 5 rings (SSSR count). The summed E-state index contributed by atoms with van der Waals surface area (Å²) in [7, 11) is 1.62. The van der Waals surface area contributed by atoms with Gasteiger partial charge in [0.1, 0.15) is 29.0 Å². The SMILES string of the molecule is COc1ccc2c(c1)C(c1ccc(Cl)cc1)=N[C@@H](CC(=O)Nc1ccc(OC(C)(C)COC(C)(C)CN)cc1)c1nnc(C)n1-2. The van der Waals surface area contributed by atoms with Crippen molar-refractivity contribution < 1.29 is 19.0 Å². The van der Waals surface area contributed by atoms with E-state index in [2.05, 4.69) is 15.5 Å². The summed E-state index contributed by atoms with van der Waals surface area (Å²) in [5.41, 5.74) is 8.63. The summed E-state index contributed by atoms with van der Waals surface area (Å²) in [6.07, 6.45) is 0.0416. The first kappa shape index (κ1) is 32.2. The fourth-order valence-electron chi connectivity index (χ4n) is 4.95. The highest BCUT2D eigenvalue weighted by atomic mass is 35.5. The van der Waals surface area contributed by atoms with Crippen LogP contribution in [-0.4, -0.2) is 57.8 Å². The van der Waals surface area contributed by atoms with Gasteiger partial charge in [0, 0.05) is 28.4 Å². The molecule has 1 aliphatic rings. The van der Waals surface area contributed by atoms with E-state index in [1.165, 1.54) is 0 Å². The number of fused-ring (bicyclic) bond motifs is 3. The van der Waals surface area contributed by atoms with Crippen molar-refractivity contribution in [3.8, 4) is 17.2 Å². The van der Waals surface area contributed by atoms with E-state index in [-0.39, 0.29) is 12.3 Å². The van der Waals surface area contributed by atoms with Gasteiger partial charge in [-0.3, -0.25) is 14.4 Å². The molecule has 0 saturated carbocycles. The molecule has 10 nitrogen and oxygen atoms in total. The molecule has 11 heteroatoms. The van der Waals surface area contributed by atoms with Crippen molar-refractivity contribution in [1.82, 2.24) is 14.8 Å². The standard InChI is InChI=1S/C34H39ClN6O4/c1-21-39-40-32-28(18-30(42)37-24-11-13-25(14-12-24)45-34(4,5)20-44-33(2,3)19-36)38-31(22-7-9-23(35)10-8-22)27-17-26(43-6)15-16-29(27)41(21)32/h7-17,28H,18-20,36H2,1-6H3,(H,37,42)/t28-/m0/s1. The number of benzene rings is 3. The maximum Gasteiger partial charge on any atom is 0.227 e. The molecule has 236 valence electrons. The van der Waals surface area contributed by atoms with E-state index in [9.17, 15) is 4.79 Å². The number of amides is 1. The summed E-state index contributed by atoms with van der Waals surface area (Å²) < 4.78 is 19.6. The number of carbonyl (C=O) groups is 1. The zero-order valence-corrected chi connectivity index (χ0v) is 27.2. The van der Waals surface area contributed by atoms with Crippen LogP contribution in [0.3, 0.4) is 0 Å². The van der Waals surface area contributed by atoms with Crippen LogP contribution in [0.4, 0.5) is 5.69 Å². The van der Waals surface area contributed by atoms with E-state index >= 15 is 0 Å². The number of aromatic nitrogens is 3. The molecule has 3 aromatic carbocycles. The van der Waals surface area contributed by atoms with Crippen molar-refractivity contribution in [2.75, 3.05) is 25.6 Å². The smallest absolute Gasteiger partial charge is 0.227 e. The second-order valence-corrected chi connectivity index (χ2v) is 12.7. The first-order chi connectivity index (χ1) is 21.4. The number of carbonyl (C=O) groups excluding carboxylic acids is 1. The molecule has 2 heterocycles. The summed E-state index contributed by atoms with van der Waals surface area (Å²) in [4.78, 5) is 18.6. The number of anilines is 1. The van der Waals surface area contributed by atoms with Crippen LogP contribution in [0, 0.1) is 6.92 Å². The van der Waals surface area contributed by atoms with Crippen LogP contribution in [0.2, 0.25) is 5.02 Å². The lowest BCUT2D eigenvalue weighted by Gasteiger charge is -2.31.